The summed E-state index contributed by atoms with van der Waals surface area (Å²) in [5.41, 5.74) is 6.84. The Bertz CT molecular complexity index is 793. The molecule has 22 heavy (non-hydrogen) atoms. The maximum absolute atomic E-state index is 12.9. The van der Waals surface area contributed by atoms with E-state index in [1.165, 1.54) is 28.9 Å². The standard InChI is InChI=1S/C19H16FNO/c1-11(8-12-2-4-14(20)5-3-12)21-19(22)16-7-6-15-17-9-13(17)10-18(15)16/h2-7,10-11H,8-9H2,1H3,(H,21,22). The summed E-state index contributed by atoms with van der Waals surface area (Å²) in [6.45, 7) is 1.97. The maximum Gasteiger partial charge on any atom is 0.252 e. The number of hydrogen-bond donors (Lipinski definition) is 1. The van der Waals surface area contributed by atoms with E-state index in [0.29, 0.717) is 6.42 Å². The first-order valence-corrected chi connectivity index (χ1v) is 7.54. The van der Waals surface area contributed by atoms with Gasteiger partial charge in [0.2, 0.25) is 0 Å². The van der Waals surface area contributed by atoms with E-state index in [9.17, 15) is 9.18 Å². The summed E-state index contributed by atoms with van der Waals surface area (Å²) in [7, 11) is 0. The fraction of sp³-hybridized carbons (Fsp3) is 0.211. The lowest BCUT2D eigenvalue weighted by molar-refractivity contribution is -0.117. The van der Waals surface area contributed by atoms with Crippen molar-refractivity contribution >= 4 is 5.91 Å². The second kappa shape index (κ2) is 4.80. The highest BCUT2D eigenvalue weighted by atomic mass is 19.1. The number of halogens is 1. The van der Waals surface area contributed by atoms with Crippen LogP contribution in [0.3, 0.4) is 0 Å². The van der Waals surface area contributed by atoms with Crippen molar-refractivity contribution in [1.29, 1.82) is 0 Å². The molecule has 1 fully saturated rings. The molecule has 2 nitrogen and oxygen atoms in total. The van der Waals surface area contributed by atoms with Crippen LogP contribution in [0.2, 0.25) is 0 Å². The van der Waals surface area contributed by atoms with Gasteiger partial charge in [0.15, 0.2) is 0 Å². The van der Waals surface area contributed by atoms with Crippen LogP contribution in [0.4, 0.5) is 4.39 Å². The van der Waals surface area contributed by atoms with Crippen molar-refractivity contribution in [2.75, 3.05) is 0 Å². The molecule has 1 unspecified atom stereocenters. The second-order valence-electron chi connectivity index (χ2n) is 6.10. The summed E-state index contributed by atoms with van der Waals surface area (Å²) in [4.78, 5) is 12.4. The minimum atomic E-state index is -0.239. The van der Waals surface area contributed by atoms with Crippen molar-refractivity contribution in [1.82, 2.24) is 5.32 Å². The van der Waals surface area contributed by atoms with Gasteiger partial charge in [-0.25, -0.2) is 4.39 Å². The highest BCUT2D eigenvalue weighted by Crippen LogP contribution is 2.51. The van der Waals surface area contributed by atoms with E-state index in [0.717, 1.165) is 23.1 Å². The maximum atomic E-state index is 12.9. The van der Waals surface area contributed by atoms with Crippen molar-refractivity contribution in [3.8, 4) is 0 Å². The largest absolute Gasteiger partial charge is 0.349 e. The van der Waals surface area contributed by atoms with Crippen LogP contribution in [-0.4, -0.2) is 11.9 Å². The average Bonchev–Trinajstić information content (AvgIpc) is 2.96. The molecule has 1 aromatic rings. The van der Waals surface area contributed by atoms with Crippen molar-refractivity contribution in [3.63, 3.8) is 0 Å². The number of rotatable bonds is 4. The van der Waals surface area contributed by atoms with Gasteiger partial charge >= 0.3 is 0 Å². The van der Waals surface area contributed by atoms with E-state index >= 15 is 0 Å². The lowest BCUT2D eigenvalue weighted by Gasteiger charge is -2.14. The summed E-state index contributed by atoms with van der Waals surface area (Å²) in [5.74, 6) is -0.272. The molecule has 0 aliphatic heterocycles. The number of fused-ring (bicyclic) bond motifs is 2. The van der Waals surface area contributed by atoms with Crippen LogP contribution in [0.5, 0.6) is 0 Å². The molecule has 110 valence electrons. The van der Waals surface area contributed by atoms with Gasteiger partial charge in [-0.2, -0.15) is 0 Å². The van der Waals surface area contributed by atoms with Gasteiger partial charge in [-0.15, -0.1) is 0 Å². The van der Waals surface area contributed by atoms with Gasteiger partial charge in [-0.05, 0) is 71.9 Å². The number of carbonyl (C=O) groups excluding carboxylic acids is 1. The van der Waals surface area contributed by atoms with Crippen molar-refractivity contribution in [3.05, 3.63) is 81.7 Å². The summed E-state index contributed by atoms with van der Waals surface area (Å²) in [6.07, 6.45) is 7.85. The summed E-state index contributed by atoms with van der Waals surface area (Å²) < 4.78 is 12.9. The van der Waals surface area contributed by atoms with Crippen LogP contribution in [-0.2, 0) is 11.2 Å². The lowest BCUT2D eigenvalue weighted by atomic mass is 10.0. The molecule has 1 saturated carbocycles. The zero-order valence-electron chi connectivity index (χ0n) is 12.3. The monoisotopic (exact) mass is 293 g/mol. The van der Waals surface area contributed by atoms with Crippen LogP contribution in [0.15, 0.2) is 70.4 Å². The minimum Gasteiger partial charge on any atom is -0.349 e. The number of nitrogens with one attached hydrogen (secondary N) is 1. The molecule has 1 atom stereocenters. The number of benzene rings is 1. The van der Waals surface area contributed by atoms with Gasteiger partial charge in [-0.1, -0.05) is 18.2 Å². The number of allylic oxidation sites excluding steroid dienone is 6. The fourth-order valence-corrected chi connectivity index (χ4v) is 3.16. The van der Waals surface area contributed by atoms with Gasteiger partial charge in [0.05, 0.1) is 0 Å². The highest BCUT2D eigenvalue weighted by molar-refractivity contribution is 6.01. The fourth-order valence-electron chi connectivity index (χ4n) is 3.16. The van der Waals surface area contributed by atoms with E-state index in [1.54, 1.807) is 12.1 Å². The van der Waals surface area contributed by atoms with Crippen molar-refractivity contribution in [2.45, 2.75) is 25.8 Å². The molecule has 0 spiro atoms. The third-order valence-corrected chi connectivity index (χ3v) is 4.35. The Labute approximate surface area is 128 Å². The number of carbonyl (C=O) groups is 1. The first kappa shape index (κ1) is 13.3. The van der Waals surface area contributed by atoms with Crippen LogP contribution < -0.4 is 5.32 Å². The SMILES string of the molecule is CC(Cc1ccc(F)cc1)NC(=O)C1=C2C=C3CC3=C2C=C1. The van der Waals surface area contributed by atoms with E-state index in [2.05, 4.69) is 11.4 Å². The molecule has 4 rings (SSSR count). The predicted molar refractivity (Wildman–Crippen MR) is 83.6 cm³/mol. The normalized spacial score (nSPS) is 19.1. The Morgan fingerprint density at radius 2 is 2.00 bits per heavy atom. The van der Waals surface area contributed by atoms with Gasteiger partial charge in [-0.3, -0.25) is 4.79 Å². The quantitative estimate of drug-likeness (QED) is 0.906. The molecule has 0 saturated heterocycles. The Morgan fingerprint density at radius 1 is 1.23 bits per heavy atom. The minimum absolute atomic E-state index is 0.000227. The predicted octanol–water partition coefficient (Wildman–Crippen LogP) is 3.38. The molecule has 0 bridgehead atoms. The molecule has 3 aliphatic carbocycles. The van der Waals surface area contributed by atoms with E-state index in [4.69, 9.17) is 0 Å². The Morgan fingerprint density at radius 3 is 2.77 bits per heavy atom. The zero-order valence-corrected chi connectivity index (χ0v) is 12.3. The first-order valence-electron chi connectivity index (χ1n) is 7.54. The van der Waals surface area contributed by atoms with Gasteiger partial charge in [0.1, 0.15) is 5.82 Å². The zero-order chi connectivity index (χ0) is 15.3. The Hall–Kier alpha value is -2.42. The second-order valence-corrected chi connectivity index (χ2v) is 6.10. The number of amides is 1. The smallest absolute Gasteiger partial charge is 0.252 e. The van der Waals surface area contributed by atoms with Crippen LogP contribution in [0, 0.1) is 5.82 Å². The van der Waals surface area contributed by atoms with Gasteiger partial charge < -0.3 is 5.32 Å². The van der Waals surface area contributed by atoms with Gasteiger partial charge in [0, 0.05) is 11.6 Å². The Balaban J connectivity index is 1.44. The Kier molecular flexibility index (Phi) is 2.89. The molecule has 0 radical (unpaired) electrons. The molecule has 1 N–H and O–H groups in total. The molecule has 0 heterocycles. The first-order chi connectivity index (χ1) is 10.6. The van der Waals surface area contributed by atoms with Crippen LogP contribution in [0.25, 0.3) is 0 Å². The average molecular weight is 293 g/mol. The summed E-state index contributed by atoms with van der Waals surface area (Å²) in [5, 5.41) is 3.03. The van der Waals surface area contributed by atoms with Crippen LogP contribution >= 0.6 is 0 Å². The van der Waals surface area contributed by atoms with Crippen molar-refractivity contribution < 1.29 is 9.18 Å². The number of hydrogen-bond acceptors (Lipinski definition) is 1. The molecule has 1 aromatic carbocycles. The lowest BCUT2D eigenvalue weighted by Crippen LogP contribution is -2.34. The molecule has 3 aliphatic rings. The summed E-state index contributed by atoms with van der Waals surface area (Å²) in [6, 6.07) is 6.41. The molecule has 1 amide bonds. The molecular weight excluding hydrogens is 277 g/mol. The third kappa shape index (κ3) is 2.23. The van der Waals surface area contributed by atoms with E-state index in [-0.39, 0.29) is 17.8 Å². The van der Waals surface area contributed by atoms with Crippen molar-refractivity contribution in [2.24, 2.45) is 0 Å². The van der Waals surface area contributed by atoms with Crippen LogP contribution in [0.1, 0.15) is 18.9 Å². The molecule has 0 aromatic heterocycles. The van der Waals surface area contributed by atoms with E-state index < -0.39 is 0 Å². The highest BCUT2D eigenvalue weighted by Gasteiger charge is 2.35. The van der Waals surface area contributed by atoms with E-state index in [1.807, 2.05) is 19.1 Å². The third-order valence-electron chi connectivity index (χ3n) is 4.35. The molecular formula is C19H16FNO. The summed E-state index contributed by atoms with van der Waals surface area (Å²) >= 11 is 0. The van der Waals surface area contributed by atoms with Gasteiger partial charge in [0.25, 0.3) is 5.91 Å². The molecule has 3 heteroatoms. The topological polar surface area (TPSA) is 29.1 Å².